The molecule has 0 aliphatic carbocycles. The Morgan fingerprint density at radius 2 is 1.79 bits per heavy atom. The van der Waals surface area contributed by atoms with Crippen LogP contribution in [0, 0.1) is 5.92 Å². The van der Waals surface area contributed by atoms with Crippen molar-refractivity contribution in [1.82, 2.24) is 4.90 Å². The lowest BCUT2D eigenvalue weighted by Crippen LogP contribution is -2.34. The van der Waals surface area contributed by atoms with Crippen molar-refractivity contribution in [2.45, 2.75) is 26.3 Å². The maximum absolute atomic E-state index is 11.6. The van der Waals surface area contributed by atoms with Crippen molar-refractivity contribution in [3.63, 3.8) is 0 Å². The minimum atomic E-state index is -0.352. The van der Waals surface area contributed by atoms with Gasteiger partial charge in [-0.1, -0.05) is 6.92 Å². The lowest BCUT2D eigenvalue weighted by Gasteiger charge is -2.19. The first kappa shape index (κ1) is 13.1. The minimum absolute atomic E-state index is 0.0629. The molecule has 4 nitrogen and oxygen atoms in total. The topological polar surface area (TPSA) is 46.6 Å². The minimum Gasteiger partial charge on any atom is -0.469 e. The lowest BCUT2D eigenvalue weighted by molar-refractivity contribution is -0.146. The van der Waals surface area contributed by atoms with E-state index >= 15 is 0 Å². The van der Waals surface area contributed by atoms with Gasteiger partial charge in [0.2, 0.25) is 0 Å². The van der Waals surface area contributed by atoms with E-state index in [1.54, 1.807) is 6.92 Å². The average molecular weight is 201 g/mol. The van der Waals surface area contributed by atoms with Gasteiger partial charge >= 0.3 is 5.97 Å². The summed E-state index contributed by atoms with van der Waals surface area (Å²) < 4.78 is 4.55. The number of rotatable bonds is 5. The molecule has 0 heterocycles. The molecule has 0 bridgehead atoms. The van der Waals surface area contributed by atoms with Crippen LogP contribution in [0.15, 0.2) is 0 Å². The Labute approximate surface area is 85.2 Å². The molecule has 14 heavy (non-hydrogen) atoms. The Balaban J connectivity index is 4.12. The van der Waals surface area contributed by atoms with Crippen LogP contribution in [-0.2, 0) is 14.3 Å². The van der Waals surface area contributed by atoms with Gasteiger partial charge in [0.1, 0.15) is 0 Å². The average Bonchev–Trinajstić information content (AvgIpc) is 2.14. The van der Waals surface area contributed by atoms with E-state index < -0.39 is 0 Å². The number of ketones is 1. The van der Waals surface area contributed by atoms with Crippen LogP contribution in [0.5, 0.6) is 0 Å². The molecule has 4 heteroatoms. The quantitative estimate of drug-likeness (QED) is 0.614. The number of hydrogen-bond donors (Lipinski definition) is 0. The first-order valence-corrected chi connectivity index (χ1v) is 4.67. The van der Waals surface area contributed by atoms with Crippen LogP contribution in [0.25, 0.3) is 0 Å². The van der Waals surface area contributed by atoms with Gasteiger partial charge in [0.05, 0.1) is 19.1 Å². The molecular formula is C10H19NO3. The molecule has 0 amide bonds. The van der Waals surface area contributed by atoms with Crippen LogP contribution in [0.3, 0.4) is 0 Å². The summed E-state index contributed by atoms with van der Waals surface area (Å²) in [6.07, 6.45) is 0.242. The second kappa shape index (κ2) is 5.75. The molecular weight excluding hydrogens is 182 g/mol. The van der Waals surface area contributed by atoms with Crippen LogP contribution in [0.2, 0.25) is 0 Å². The van der Waals surface area contributed by atoms with Gasteiger partial charge in [-0.2, -0.15) is 0 Å². The van der Waals surface area contributed by atoms with E-state index in [0.29, 0.717) is 0 Å². The first-order chi connectivity index (χ1) is 6.40. The summed E-state index contributed by atoms with van der Waals surface area (Å²) >= 11 is 0. The Bertz CT molecular complexity index is 213. The molecule has 82 valence electrons. The third-order valence-electron chi connectivity index (χ3n) is 2.35. The first-order valence-electron chi connectivity index (χ1n) is 4.67. The summed E-state index contributed by atoms with van der Waals surface area (Å²) in [4.78, 5) is 24.4. The zero-order valence-corrected chi connectivity index (χ0v) is 9.53. The summed E-state index contributed by atoms with van der Waals surface area (Å²) in [6.45, 7) is 3.53. The van der Waals surface area contributed by atoms with E-state index in [1.165, 1.54) is 7.11 Å². The van der Waals surface area contributed by atoms with Crippen LogP contribution < -0.4 is 0 Å². The Hall–Kier alpha value is -0.900. The normalized spacial score (nSPS) is 15.0. The maximum atomic E-state index is 11.6. The van der Waals surface area contributed by atoms with Crippen molar-refractivity contribution in [2.24, 2.45) is 5.92 Å². The summed E-state index contributed by atoms with van der Waals surface area (Å²) in [5.41, 5.74) is 0. The van der Waals surface area contributed by atoms with Crippen molar-refractivity contribution in [2.75, 3.05) is 21.2 Å². The highest BCUT2D eigenvalue weighted by Crippen LogP contribution is 2.08. The molecule has 0 saturated heterocycles. The van der Waals surface area contributed by atoms with Crippen molar-refractivity contribution in [3.8, 4) is 0 Å². The molecule has 0 radical (unpaired) electrons. The van der Waals surface area contributed by atoms with Crippen LogP contribution in [-0.4, -0.2) is 43.9 Å². The predicted octanol–water partition coefficient (Wildman–Crippen LogP) is 0.705. The molecule has 0 fully saturated rings. The van der Waals surface area contributed by atoms with Crippen molar-refractivity contribution in [1.29, 1.82) is 0 Å². The van der Waals surface area contributed by atoms with Gasteiger partial charge in [-0.25, -0.2) is 0 Å². The van der Waals surface area contributed by atoms with E-state index in [9.17, 15) is 9.59 Å². The monoisotopic (exact) mass is 201 g/mol. The molecule has 0 aliphatic heterocycles. The molecule has 0 N–H and O–H groups in total. The van der Waals surface area contributed by atoms with Crippen LogP contribution >= 0.6 is 0 Å². The van der Waals surface area contributed by atoms with Crippen molar-refractivity contribution in [3.05, 3.63) is 0 Å². The van der Waals surface area contributed by atoms with Crippen molar-refractivity contribution >= 4 is 11.8 Å². The van der Waals surface area contributed by atoms with E-state index in [0.717, 1.165) is 0 Å². The molecule has 2 atom stereocenters. The van der Waals surface area contributed by atoms with E-state index in [4.69, 9.17) is 0 Å². The highest BCUT2D eigenvalue weighted by atomic mass is 16.5. The summed E-state index contributed by atoms with van der Waals surface area (Å²) in [5.74, 6) is -0.618. The molecule has 0 rings (SSSR count). The SMILES string of the molecule is COC(=O)[C@H](C)CC(=O)[C@H](C)N(C)C. The highest BCUT2D eigenvalue weighted by molar-refractivity contribution is 5.87. The van der Waals surface area contributed by atoms with E-state index in [1.807, 2.05) is 25.9 Å². The molecule has 0 aromatic heterocycles. The standard InChI is InChI=1S/C10H19NO3/c1-7(10(13)14-5)6-9(12)8(2)11(3)4/h7-8H,6H2,1-5H3/t7-,8+/m1/s1. The van der Waals surface area contributed by atoms with Gasteiger partial charge in [0.25, 0.3) is 0 Å². The van der Waals surface area contributed by atoms with Gasteiger partial charge in [-0.15, -0.1) is 0 Å². The van der Waals surface area contributed by atoms with Gasteiger partial charge in [0.15, 0.2) is 5.78 Å². The largest absolute Gasteiger partial charge is 0.469 e. The molecule has 0 aromatic carbocycles. The summed E-state index contributed by atoms with van der Waals surface area (Å²) in [7, 11) is 5.01. The smallest absolute Gasteiger partial charge is 0.308 e. The van der Waals surface area contributed by atoms with E-state index in [2.05, 4.69) is 4.74 Å². The number of nitrogens with zero attached hydrogens (tertiary/aromatic N) is 1. The van der Waals surface area contributed by atoms with Gasteiger partial charge in [-0.3, -0.25) is 14.5 Å². The molecule has 0 unspecified atom stereocenters. The van der Waals surface area contributed by atoms with Gasteiger partial charge in [-0.05, 0) is 21.0 Å². The zero-order valence-electron chi connectivity index (χ0n) is 9.53. The number of carbonyl (C=O) groups excluding carboxylic acids is 2. The summed E-state index contributed by atoms with van der Waals surface area (Å²) in [6, 6.07) is -0.151. The number of carbonyl (C=O) groups is 2. The van der Waals surface area contributed by atoms with Gasteiger partial charge in [0, 0.05) is 6.42 Å². The third-order valence-corrected chi connectivity index (χ3v) is 2.35. The lowest BCUT2D eigenvalue weighted by atomic mass is 10.0. The fourth-order valence-corrected chi connectivity index (χ4v) is 1.04. The fraction of sp³-hybridized carbons (Fsp3) is 0.800. The number of hydrogen-bond acceptors (Lipinski definition) is 4. The molecule has 0 aliphatic rings. The predicted molar refractivity (Wildman–Crippen MR) is 54.0 cm³/mol. The Morgan fingerprint density at radius 1 is 1.29 bits per heavy atom. The Kier molecular flexibility index (Phi) is 5.38. The van der Waals surface area contributed by atoms with E-state index in [-0.39, 0.29) is 30.1 Å². The zero-order chi connectivity index (χ0) is 11.3. The van der Waals surface area contributed by atoms with Crippen molar-refractivity contribution < 1.29 is 14.3 Å². The molecule has 0 saturated carbocycles. The fourth-order valence-electron chi connectivity index (χ4n) is 1.04. The number of likely N-dealkylation sites (N-methyl/N-ethyl adjacent to an activating group) is 1. The number of Topliss-reactive ketones (excluding diaryl/α,β-unsaturated/α-hetero) is 1. The van der Waals surface area contributed by atoms with Crippen LogP contribution in [0.1, 0.15) is 20.3 Å². The molecule has 0 spiro atoms. The second-order valence-electron chi connectivity index (χ2n) is 3.73. The third kappa shape index (κ3) is 3.87. The Morgan fingerprint density at radius 3 is 2.14 bits per heavy atom. The van der Waals surface area contributed by atoms with Gasteiger partial charge < -0.3 is 4.74 Å². The number of ether oxygens (including phenoxy) is 1. The molecule has 0 aromatic rings. The number of methoxy groups -OCH3 is 1. The van der Waals surface area contributed by atoms with Crippen LogP contribution in [0.4, 0.5) is 0 Å². The number of esters is 1. The summed E-state index contributed by atoms with van der Waals surface area (Å²) in [5, 5.41) is 0. The highest BCUT2D eigenvalue weighted by Gasteiger charge is 2.22. The maximum Gasteiger partial charge on any atom is 0.308 e. The second-order valence-corrected chi connectivity index (χ2v) is 3.73.